The summed E-state index contributed by atoms with van der Waals surface area (Å²) in [6.45, 7) is 3.55. The van der Waals surface area contributed by atoms with Crippen molar-refractivity contribution in [2.75, 3.05) is 10.6 Å². The summed E-state index contributed by atoms with van der Waals surface area (Å²) in [6, 6.07) is 17.7. The van der Waals surface area contributed by atoms with Gasteiger partial charge in [0.15, 0.2) is 0 Å². The van der Waals surface area contributed by atoms with Gasteiger partial charge in [0.05, 0.1) is 6.04 Å². The molecule has 3 aromatic rings. The molecule has 1 unspecified atom stereocenters. The molecule has 2 aromatic carbocycles. The van der Waals surface area contributed by atoms with E-state index in [0.717, 1.165) is 28.1 Å². The fourth-order valence-electron chi connectivity index (χ4n) is 2.39. The van der Waals surface area contributed by atoms with Crippen LogP contribution < -0.4 is 10.6 Å². The van der Waals surface area contributed by atoms with Gasteiger partial charge in [-0.2, -0.15) is 0 Å². The summed E-state index contributed by atoms with van der Waals surface area (Å²) in [5.41, 5.74) is 2.66. The first kappa shape index (κ1) is 14.2. The number of fused-ring (bicyclic) bond motifs is 1. The summed E-state index contributed by atoms with van der Waals surface area (Å²) in [4.78, 5) is 11.0. The van der Waals surface area contributed by atoms with Crippen molar-refractivity contribution in [2.24, 2.45) is 0 Å². The second-order valence-corrected chi connectivity index (χ2v) is 5.31. The van der Waals surface area contributed by atoms with Crippen molar-refractivity contribution >= 4 is 28.3 Å². The summed E-state index contributed by atoms with van der Waals surface area (Å²) >= 11 is 0. The van der Waals surface area contributed by atoms with Gasteiger partial charge in [-0.1, -0.05) is 18.2 Å². The lowest BCUT2D eigenvalue weighted by Gasteiger charge is -2.13. The number of anilines is 2. The third kappa shape index (κ3) is 3.11. The summed E-state index contributed by atoms with van der Waals surface area (Å²) < 4.78 is 5.86. The maximum atomic E-state index is 11.0. The van der Waals surface area contributed by atoms with E-state index in [1.54, 1.807) is 0 Å². The molecule has 1 amide bonds. The fourth-order valence-corrected chi connectivity index (χ4v) is 2.39. The largest absolute Gasteiger partial charge is 0.459 e. The number of amides is 1. The maximum Gasteiger partial charge on any atom is 0.221 e. The van der Waals surface area contributed by atoms with Gasteiger partial charge in [0, 0.05) is 23.7 Å². The van der Waals surface area contributed by atoms with E-state index in [0.29, 0.717) is 0 Å². The number of nitrogens with one attached hydrogen (secondary N) is 2. The molecule has 0 aliphatic heterocycles. The highest BCUT2D eigenvalue weighted by Crippen LogP contribution is 2.26. The molecule has 0 bridgehead atoms. The van der Waals surface area contributed by atoms with E-state index in [-0.39, 0.29) is 11.9 Å². The van der Waals surface area contributed by atoms with Gasteiger partial charge in [-0.05, 0) is 43.3 Å². The molecule has 4 heteroatoms. The number of carbonyl (C=O) groups is 1. The SMILES string of the molecule is CC(=O)Nc1ccc(NC(C)c2cc3ccccc3o2)cc1. The Morgan fingerprint density at radius 3 is 2.41 bits per heavy atom. The smallest absolute Gasteiger partial charge is 0.221 e. The normalized spacial score (nSPS) is 12.1. The highest BCUT2D eigenvalue weighted by atomic mass is 16.3. The number of carbonyl (C=O) groups excluding carboxylic acids is 1. The average Bonchev–Trinajstić information content (AvgIpc) is 2.93. The first-order chi connectivity index (χ1) is 10.6. The van der Waals surface area contributed by atoms with Crippen LogP contribution in [-0.4, -0.2) is 5.91 Å². The van der Waals surface area contributed by atoms with Crippen LogP contribution in [0.5, 0.6) is 0 Å². The number of hydrogen-bond donors (Lipinski definition) is 2. The number of benzene rings is 2. The lowest BCUT2D eigenvalue weighted by Crippen LogP contribution is -2.07. The molecule has 3 rings (SSSR count). The summed E-state index contributed by atoms with van der Waals surface area (Å²) in [5.74, 6) is 0.823. The van der Waals surface area contributed by atoms with E-state index in [9.17, 15) is 4.79 Å². The second kappa shape index (κ2) is 5.93. The van der Waals surface area contributed by atoms with Gasteiger partial charge >= 0.3 is 0 Å². The molecule has 22 heavy (non-hydrogen) atoms. The van der Waals surface area contributed by atoms with Crippen molar-refractivity contribution in [2.45, 2.75) is 19.9 Å². The van der Waals surface area contributed by atoms with Gasteiger partial charge < -0.3 is 15.1 Å². The van der Waals surface area contributed by atoms with E-state index in [1.165, 1.54) is 6.92 Å². The Morgan fingerprint density at radius 2 is 1.73 bits per heavy atom. The van der Waals surface area contributed by atoms with E-state index in [4.69, 9.17) is 4.42 Å². The predicted molar refractivity (Wildman–Crippen MR) is 89.0 cm³/mol. The lowest BCUT2D eigenvalue weighted by molar-refractivity contribution is -0.114. The summed E-state index contributed by atoms with van der Waals surface area (Å²) in [5, 5.41) is 7.25. The van der Waals surface area contributed by atoms with Crippen LogP contribution in [-0.2, 0) is 4.79 Å². The van der Waals surface area contributed by atoms with Crippen LogP contribution in [0.25, 0.3) is 11.0 Å². The molecule has 0 radical (unpaired) electrons. The van der Waals surface area contributed by atoms with Crippen LogP contribution in [0, 0.1) is 0 Å². The predicted octanol–water partition coefficient (Wildman–Crippen LogP) is 4.56. The Labute approximate surface area is 129 Å². The van der Waals surface area contributed by atoms with Crippen molar-refractivity contribution in [3.8, 4) is 0 Å². The number of hydrogen-bond acceptors (Lipinski definition) is 3. The Bertz CT molecular complexity index is 757. The number of rotatable bonds is 4. The van der Waals surface area contributed by atoms with E-state index < -0.39 is 0 Å². The van der Waals surface area contributed by atoms with E-state index in [2.05, 4.69) is 23.6 Å². The summed E-state index contributed by atoms with van der Waals surface area (Å²) in [6.07, 6.45) is 0. The Hall–Kier alpha value is -2.75. The molecule has 0 aliphatic carbocycles. The summed E-state index contributed by atoms with van der Waals surface area (Å²) in [7, 11) is 0. The third-order valence-corrected chi connectivity index (χ3v) is 3.46. The van der Waals surface area contributed by atoms with Crippen molar-refractivity contribution in [3.63, 3.8) is 0 Å². The topological polar surface area (TPSA) is 54.3 Å². The molecule has 4 nitrogen and oxygen atoms in total. The van der Waals surface area contributed by atoms with Gasteiger partial charge in [0.2, 0.25) is 5.91 Å². The first-order valence-electron chi connectivity index (χ1n) is 7.24. The molecule has 0 fully saturated rings. The van der Waals surface area contributed by atoms with Gasteiger partial charge in [0.25, 0.3) is 0 Å². The van der Waals surface area contributed by atoms with Crippen LogP contribution in [0.1, 0.15) is 25.6 Å². The molecule has 0 spiro atoms. The molecular formula is C18H18N2O2. The Kier molecular flexibility index (Phi) is 3.83. The van der Waals surface area contributed by atoms with Crippen molar-refractivity contribution < 1.29 is 9.21 Å². The molecule has 0 saturated carbocycles. The minimum Gasteiger partial charge on any atom is -0.459 e. The highest BCUT2D eigenvalue weighted by Gasteiger charge is 2.11. The first-order valence-corrected chi connectivity index (χ1v) is 7.24. The van der Waals surface area contributed by atoms with Crippen LogP contribution in [0.4, 0.5) is 11.4 Å². The van der Waals surface area contributed by atoms with Gasteiger partial charge in [-0.25, -0.2) is 0 Å². The van der Waals surface area contributed by atoms with Crippen LogP contribution in [0.3, 0.4) is 0 Å². The molecule has 112 valence electrons. The minimum atomic E-state index is -0.0728. The fraction of sp³-hybridized carbons (Fsp3) is 0.167. The third-order valence-electron chi connectivity index (χ3n) is 3.46. The molecule has 1 aromatic heterocycles. The number of para-hydroxylation sites is 1. The molecule has 0 saturated heterocycles. The average molecular weight is 294 g/mol. The zero-order chi connectivity index (χ0) is 15.5. The van der Waals surface area contributed by atoms with Crippen molar-refractivity contribution in [1.29, 1.82) is 0 Å². The monoisotopic (exact) mass is 294 g/mol. The number of furan rings is 1. The van der Waals surface area contributed by atoms with Crippen LogP contribution in [0.2, 0.25) is 0 Å². The van der Waals surface area contributed by atoms with Crippen molar-refractivity contribution in [1.82, 2.24) is 0 Å². The Balaban J connectivity index is 1.73. The second-order valence-electron chi connectivity index (χ2n) is 5.31. The molecular weight excluding hydrogens is 276 g/mol. The van der Waals surface area contributed by atoms with Crippen LogP contribution in [0.15, 0.2) is 59.0 Å². The molecule has 2 N–H and O–H groups in total. The van der Waals surface area contributed by atoms with Crippen molar-refractivity contribution in [3.05, 3.63) is 60.4 Å². The molecule has 1 atom stereocenters. The molecule has 0 aliphatic rings. The lowest BCUT2D eigenvalue weighted by atomic mass is 10.2. The minimum absolute atomic E-state index is 0.0546. The standard InChI is InChI=1S/C18H18N2O2/c1-12(18-11-14-5-3-4-6-17(14)22-18)19-15-7-9-16(10-8-15)20-13(2)21/h3-12,19H,1-2H3,(H,20,21). The van der Waals surface area contributed by atoms with E-state index in [1.807, 2.05) is 48.5 Å². The maximum absolute atomic E-state index is 11.0. The Morgan fingerprint density at radius 1 is 1.05 bits per heavy atom. The molecule has 1 heterocycles. The van der Waals surface area contributed by atoms with Crippen LogP contribution >= 0.6 is 0 Å². The van der Waals surface area contributed by atoms with Gasteiger partial charge in [0.1, 0.15) is 11.3 Å². The van der Waals surface area contributed by atoms with E-state index >= 15 is 0 Å². The zero-order valence-corrected chi connectivity index (χ0v) is 12.6. The van der Waals surface area contributed by atoms with Gasteiger partial charge in [-0.15, -0.1) is 0 Å². The zero-order valence-electron chi connectivity index (χ0n) is 12.6. The highest BCUT2D eigenvalue weighted by molar-refractivity contribution is 5.88. The quantitative estimate of drug-likeness (QED) is 0.741. The van der Waals surface area contributed by atoms with Gasteiger partial charge in [-0.3, -0.25) is 4.79 Å².